The molecule has 2 N–H and O–H groups in total. The zero-order chi connectivity index (χ0) is 16.7. The number of benzene rings is 1. The molecule has 0 saturated carbocycles. The van der Waals surface area contributed by atoms with Crippen molar-refractivity contribution in [3.05, 3.63) is 39.9 Å². The summed E-state index contributed by atoms with van der Waals surface area (Å²) in [5.41, 5.74) is 0.671. The van der Waals surface area contributed by atoms with Crippen LogP contribution in [0.5, 0.6) is 0 Å². The van der Waals surface area contributed by atoms with Crippen molar-refractivity contribution in [3.63, 3.8) is 0 Å². The molecular formula is C15H21ClN4O4. The number of carbonyl (C=O) groups is 1. The van der Waals surface area contributed by atoms with E-state index < -0.39 is 11.0 Å². The van der Waals surface area contributed by atoms with Crippen molar-refractivity contribution in [3.8, 4) is 0 Å². The highest BCUT2D eigenvalue weighted by Crippen LogP contribution is 2.13. The topological polar surface area (TPSA) is 106 Å². The van der Waals surface area contributed by atoms with Gasteiger partial charge in [0.05, 0.1) is 4.92 Å². The van der Waals surface area contributed by atoms with Crippen LogP contribution >= 0.6 is 12.4 Å². The molecule has 0 bridgehead atoms. The molecular weight excluding hydrogens is 336 g/mol. The molecule has 1 fully saturated rings. The highest BCUT2D eigenvalue weighted by Gasteiger charge is 2.22. The lowest BCUT2D eigenvalue weighted by Crippen LogP contribution is -2.36. The molecule has 24 heavy (non-hydrogen) atoms. The van der Waals surface area contributed by atoms with E-state index in [0.717, 1.165) is 19.5 Å². The number of nitrogens with one attached hydrogen (secondary N) is 2. The fourth-order valence-electron chi connectivity index (χ4n) is 2.45. The Morgan fingerprint density at radius 3 is 2.79 bits per heavy atom. The van der Waals surface area contributed by atoms with Crippen LogP contribution in [0, 0.1) is 16.0 Å². The van der Waals surface area contributed by atoms with Crippen LogP contribution in [0.2, 0.25) is 0 Å². The number of nitro benzene ring substituents is 1. The van der Waals surface area contributed by atoms with E-state index in [2.05, 4.69) is 15.6 Å². The van der Waals surface area contributed by atoms with Gasteiger partial charge in [-0.05, 0) is 50.2 Å². The molecule has 0 aromatic heterocycles. The second-order valence-electron chi connectivity index (χ2n) is 5.32. The Bertz CT molecular complexity index is 573. The second kappa shape index (κ2) is 9.96. The lowest BCUT2D eigenvalue weighted by molar-refractivity contribution is -0.384. The third kappa shape index (κ3) is 5.88. The Labute approximate surface area is 146 Å². The van der Waals surface area contributed by atoms with Crippen LogP contribution in [0.1, 0.15) is 12.0 Å². The van der Waals surface area contributed by atoms with Gasteiger partial charge in [0, 0.05) is 24.4 Å². The smallest absolute Gasteiger partial charge is 0.433 e. The number of rotatable bonds is 6. The van der Waals surface area contributed by atoms with E-state index in [1.807, 2.05) is 7.05 Å². The third-order valence-electron chi connectivity index (χ3n) is 3.79. The van der Waals surface area contributed by atoms with Gasteiger partial charge in [-0.25, -0.2) is 4.79 Å². The molecule has 1 heterocycles. The van der Waals surface area contributed by atoms with Crippen molar-refractivity contribution in [2.75, 3.05) is 20.1 Å². The van der Waals surface area contributed by atoms with Crippen LogP contribution in [-0.2, 0) is 11.3 Å². The number of ether oxygens (including phenoxy) is 1. The fraction of sp³-hybridized carbons (Fsp3) is 0.467. The predicted molar refractivity (Wildman–Crippen MR) is 92.8 cm³/mol. The van der Waals surface area contributed by atoms with Gasteiger partial charge in [-0.3, -0.25) is 10.1 Å². The summed E-state index contributed by atoms with van der Waals surface area (Å²) in [7, 11) is 1.83. The van der Waals surface area contributed by atoms with Gasteiger partial charge in [0.15, 0.2) is 0 Å². The van der Waals surface area contributed by atoms with E-state index >= 15 is 0 Å². The summed E-state index contributed by atoms with van der Waals surface area (Å²) in [5.74, 6) is 0.409. The summed E-state index contributed by atoms with van der Waals surface area (Å²) in [5, 5.41) is 17.0. The molecule has 0 spiro atoms. The minimum atomic E-state index is -0.672. The average Bonchev–Trinajstić information content (AvgIpc) is 3.08. The molecule has 8 nitrogen and oxygen atoms in total. The maximum Gasteiger partial charge on any atom is 0.433 e. The van der Waals surface area contributed by atoms with Crippen LogP contribution in [-0.4, -0.2) is 43.4 Å². The predicted octanol–water partition coefficient (Wildman–Crippen LogP) is 1.92. The standard InChI is InChI=1S/C15H20N4O4.ClH/c1-16-14(12-6-7-17-8-12)9-18-15(20)23-10-11-2-4-13(5-3-11)19(21)22;/h2-5,9,12,14,16-17H,6-8,10H2,1H3;1H/t12-,14?;/m0./s1. The van der Waals surface area contributed by atoms with Crippen molar-refractivity contribution >= 4 is 30.4 Å². The van der Waals surface area contributed by atoms with E-state index in [4.69, 9.17) is 4.74 Å². The molecule has 1 aromatic rings. The molecule has 0 radical (unpaired) electrons. The summed E-state index contributed by atoms with van der Waals surface area (Å²) >= 11 is 0. The lowest BCUT2D eigenvalue weighted by atomic mass is 10.0. The Kier molecular flexibility index (Phi) is 8.31. The van der Waals surface area contributed by atoms with Crippen LogP contribution in [0.25, 0.3) is 0 Å². The molecule has 9 heteroatoms. The molecule has 1 aromatic carbocycles. The largest absolute Gasteiger partial charge is 0.443 e. The quantitative estimate of drug-likeness (QED) is 0.458. The van der Waals surface area contributed by atoms with Crippen molar-refractivity contribution in [1.82, 2.24) is 10.6 Å². The number of hydrogen-bond acceptors (Lipinski definition) is 6. The van der Waals surface area contributed by atoms with Gasteiger partial charge < -0.3 is 15.4 Å². The van der Waals surface area contributed by atoms with E-state index in [1.165, 1.54) is 12.1 Å². The van der Waals surface area contributed by atoms with E-state index in [0.29, 0.717) is 11.5 Å². The minimum absolute atomic E-state index is 0. The molecule has 1 aliphatic rings. The maximum absolute atomic E-state index is 11.7. The molecule has 1 amide bonds. The first-order valence-electron chi connectivity index (χ1n) is 7.42. The molecule has 2 rings (SSSR count). The third-order valence-corrected chi connectivity index (χ3v) is 3.79. The van der Waals surface area contributed by atoms with Crippen LogP contribution in [0.3, 0.4) is 0 Å². The van der Waals surface area contributed by atoms with Gasteiger partial charge in [-0.15, -0.1) is 12.4 Å². The van der Waals surface area contributed by atoms with E-state index in [9.17, 15) is 14.9 Å². The Hall–Kier alpha value is -2.03. The summed E-state index contributed by atoms with van der Waals surface area (Å²) in [4.78, 5) is 25.6. The van der Waals surface area contributed by atoms with Gasteiger partial charge in [0.1, 0.15) is 6.61 Å². The minimum Gasteiger partial charge on any atom is -0.443 e. The van der Waals surface area contributed by atoms with Gasteiger partial charge >= 0.3 is 6.09 Å². The normalized spacial score (nSPS) is 18.1. The molecule has 1 saturated heterocycles. The highest BCUT2D eigenvalue weighted by molar-refractivity contribution is 5.85. The van der Waals surface area contributed by atoms with Crippen molar-refractivity contribution in [1.29, 1.82) is 0 Å². The summed E-state index contributed by atoms with van der Waals surface area (Å²) in [6, 6.07) is 5.87. The first-order valence-corrected chi connectivity index (χ1v) is 7.42. The number of non-ortho nitro benzene ring substituents is 1. The fourth-order valence-corrected chi connectivity index (χ4v) is 2.45. The van der Waals surface area contributed by atoms with Gasteiger partial charge in [0.2, 0.25) is 0 Å². The van der Waals surface area contributed by atoms with Gasteiger partial charge in [0.25, 0.3) is 5.69 Å². The molecule has 2 atom stereocenters. The van der Waals surface area contributed by atoms with Crippen molar-refractivity contribution < 1.29 is 14.5 Å². The van der Waals surface area contributed by atoms with Crippen LogP contribution in [0.15, 0.2) is 29.3 Å². The van der Waals surface area contributed by atoms with Gasteiger partial charge in [-0.2, -0.15) is 4.99 Å². The summed E-state index contributed by atoms with van der Waals surface area (Å²) in [6.07, 6.45) is 1.94. The zero-order valence-electron chi connectivity index (χ0n) is 13.3. The van der Waals surface area contributed by atoms with Crippen LogP contribution in [0.4, 0.5) is 10.5 Å². The van der Waals surface area contributed by atoms with Crippen molar-refractivity contribution in [2.24, 2.45) is 10.9 Å². The highest BCUT2D eigenvalue weighted by atomic mass is 35.5. The number of nitrogens with zero attached hydrogens (tertiary/aromatic N) is 2. The second-order valence-corrected chi connectivity index (χ2v) is 5.32. The number of carbonyl (C=O) groups excluding carboxylic acids is 1. The Morgan fingerprint density at radius 1 is 1.54 bits per heavy atom. The van der Waals surface area contributed by atoms with Gasteiger partial charge in [-0.1, -0.05) is 0 Å². The lowest BCUT2D eigenvalue weighted by Gasteiger charge is -2.17. The van der Waals surface area contributed by atoms with E-state index in [-0.39, 0.29) is 30.7 Å². The molecule has 0 aliphatic carbocycles. The Morgan fingerprint density at radius 2 is 2.25 bits per heavy atom. The number of hydrogen-bond donors (Lipinski definition) is 2. The number of nitro groups is 1. The summed E-state index contributed by atoms with van der Waals surface area (Å²) in [6.45, 7) is 1.90. The SMILES string of the molecule is CNC(C=NC(=O)OCc1ccc([N+](=O)[O-])cc1)[C@H]1CCNC1.Cl. The Balaban J connectivity index is 0.00000288. The first kappa shape index (κ1) is 20.0. The summed E-state index contributed by atoms with van der Waals surface area (Å²) < 4.78 is 5.04. The molecule has 1 aliphatic heterocycles. The molecule has 132 valence electrons. The van der Waals surface area contributed by atoms with Crippen LogP contribution < -0.4 is 10.6 Å². The first-order chi connectivity index (χ1) is 11.1. The number of halogens is 1. The monoisotopic (exact) mass is 356 g/mol. The van der Waals surface area contributed by atoms with E-state index in [1.54, 1.807) is 18.3 Å². The number of amides is 1. The maximum atomic E-state index is 11.7. The number of aliphatic imine (C=N–C) groups is 1. The zero-order valence-corrected chi connectivity index (χ0v) is 14.1. The average molecular weight is 357 g/mol. The van der Waals surface area contributed by atoms with Crippen molar-refractivity contribution in [2.45, 2.75) is 19.1 Å². The molecule has 1 unspecified atom stereocenters.